The highest BCUT2D eigenvalue weighted by atomic mass is 16.6. The molecule has 104 valence electrons. The summed E-state index contributed by atoms with van der Waals surface area (Å²) >= 11 is 0. The predicted octanol–water partition coefficient (Wildman–Crippen LogP) is 2.41. The van der Waals surface area contributed by atoms with E-state index in [9.17, 15) is 4.79 Å². The van der Waals surface area contributed by atoms with Gasteiger partial charge in [-0.25, -0.2) is 9.79 Å². The van der Waals surface area contributed by atoms with Gasteiger partial charge in [-0.2, -0.15) is 0 Å². The second kappa shape index (κ2) is 5.00. The number of carbonyl (C=O) groups excluding carboxylic acids is 1. The summed E-state index contributed by atoms with van der Waals surface area (Å²) in [5.41, 5.74) is 1.08. The van der Waals surface area contributed by atoms with Gasteiger partial charge in [0.25, 0.3) is 0 Å². The van der Waals surface area contributed by atoms with E-state index in [4.69, 9.17) is 14.2 Å². The van der Waals surface area contributed by atoms with Crippen LogP contribution >= 0.6 is 0 Å². The Kier molecular flexibility index (Phi) is 3.18. The molecule has 1 aliphatic carbocycles. The number of benzene rings is 1. The Bertz CT molecular complexity index is 614. The molecule has 2 aliphatic rings. The van der Waals surface area contributed by atoms with Crippen molar-refractivity contribution in [1.82, 2.24) is 0 Å². The van der Waals surface area contributed by atoms with Crippen LogP contribution in [0.15, 0.2) is 28.9 Å². The van der Waals surface area contributed by atoms with Crippen LogP contribution in [-0.4, -0.2) is 26.1 Å². The van der Waals surface area contributed by atoms with Gasteiger partial charge in [-0.15, -0.1) is 0 Å². The first-order valence-electron chi connectivity index (χ1n) is 6.45. The molecule has 0 saturated heterocycles. The maximum absolute atomic E-state index is 11.8. The summed E-state index contributed by atoms with van der Waals surface area (Å²) < 4.78 is 15.6. The SMILES string of the molecule is COc1ccc(/C=C2/N=C(C3CC3)OC2=O)c(OC)c1. The number of hydrogen-bond donors (Lipinski definition) is 0. The molecule has 5 heteroatoms. The first kappa shape index (κ1) is 12.7. The van der Waals surface area contributed by atoms with Gasteiger partial charge >= 0.3 is 5.97 Å². The van der Waals surface area contributed by atoms with Crippen LogP contribution in [0.1, 0.15) is 18.4 Å². The lowest BCUT2D eigenvalue weighted by Crippen LogP contribution is -2.05. The molecule has 5 nitrogen and oxygen atoms in total. The van der Waals surface area contributed by atoms with Crippen LogP contribution < -0.4 is 9.47 Å². The lowest BCUT2D eigenvalue weighted by Gasteiger charge is -2.07. The van der Waals surface area contributed by atoms with E-state index in [0.29, 0.717) is 29.0 Å². The lowest BCUT2D eigenvalue weighted by molar-refractivity contribution is -0.130. The Balaban J connectivity index is 1.93. The Labute approximate surface area is 116 Å². The van der Waals surface area contributed by atoms with Crippen LogP contribution in [-0.2, 0) is 9.53 Å². The van der Waals surface area contributed by atoms with Crippen LogP contribution in [0.4, 0.5) is 0 Å². The van der Waals surface area contributed by atoms with E-state index in [-0.39, 0.29) is 0 Å². The average molecular weight is 273 g/mol. The standard InChI is InChI=1S/C15H15NO4/c1-18-11-6-5-10(13(8-11)19-2)7-12-15(17)20-14(16-12)9-3-4-9/h5-9H,3-4H2,1-2H3/b12-7+. The van der Waals surface area contributed by atoms with Crippen molar-refractivity contribution < 1.29 is 19.0 Å². The second-order valence-electron chi connectivity index (χ2n) is 4.75. The molecular formula is C15H15NO4. The Hall–Kier alpha value is -2.30. The molecule has 1 saturated carbocycles. The topological polar surface area (TPSA) is 57.1 Å². The average Bonchev–Trinajstić information content (AvgIpc) is 3.25. The monoisotopic (exact) mass is 273 g/mol. The third-order valence-corrected chi connectivity index (χ3v) is 3.30. The van der Waals surface area contributed by atoms with Gasteiger partial charge in [0, 0.05) is 17.5 Å². The third kappa shape index (κ3) is 2.39. The highest BCUT2D eigenvalue weighted by Gasteiger charge is 2.35. The van der Waals surface area contributed by atoms with Crippen molar-refractivity contribution >= 4 is 17.9 Å². The molecule has 1 aromatic rings. The summed E-state index contributed by atoms with van der Waals surface area (Å²) in [5, 5.41) is 0. The summed E-state index contributed by atoms with van der Waals surface area (Å²) in [6, 6.07) is 5.39. The Morgan fingerprint density at radius 2 is 2.10 bits per heavy atom. The maximum atomic E-state index is 11.8. The number of aliphatic imine (C=N–C) groups is 1. The third-order valence-electron chi connectivity index (χ3n) is 3.30. The van der Waals surface area contributed by atoms with Crippen LogP contribution in [0.5, 0.6) is 11.5 Å². The summed E-state index contributed by atoms with van der Waals surface area (Å²) in [6.45, 7) is 0. The second-order valence-corrected chi connectivity index (χ2v) is 4.75. The molecule has 0 unspecified atom stereocenters. The number of cyclic esters (lactones) is 1. The van der Waals surface area contributed by atoms with Gasteiger partial charge in [0.1, 0.15) is 11.5 Å². The van der Waals surface area contributed by atoms with Crippen molar-refractivity contribution in [3.63, 3.8) is 0 Å². The zero-order chi connectivity index (χ0) is 14.1. The fourth-order valence-corrected chi connectivity index (χ4v) is 2.02. The number of esters is 1. The van der Waals surface area contributed by atoms with Crippen molar-refractivity contribution in [2.75, 3.05) is 14.2 Å². The van der Waals surface area contributed by atoms with E-state index >= 15 is 0 Å². The molecule has 1 aliphatic heterocycles. The van der Waals surface area contributed by atoms with Crippen molar-refractivity contribution in [1.29, 1.82) is 0 Å². The normalized spacial score (nSPS) is 19.8. The number of ether oxygens (including phenoxy) is 3. The van der Waals surface area contributed by atoms with Crippen LogP contribution in [0.25, 0.3) is 6.08 Å². The minimum atomic E-state index is -0.398. The van der Waals surface area contributed by atoms with E-state index < -0.39 is 5.97 Å². The van der Waals surface area contributed by atoms with E-state index in [2.05, 4.69) is 4.99 Å². The molecule has 0 bridgehead atoms. The van der Waals surface area contributed by atoms with E-state index in [1.165, 1.54) is 0 Å². The molecule has 1 aromatic carbocycles. The van der Waals surface area contributed by atoms with Crippen molar-refractivity contribution in [2.45, 2.75) is 12.8 Å². The van der Waals surface area contributed by atoms with Crippen LogP contribution in [0.2, 0.25) is 0 Å². The fraction of sp³-hybridized carbons (Fsp3) is 0.333. The largest absolute Gasteiger partial charge is 0.497 e. The van der Waals surface area contributed by atoms with Crippen molar-refractivity contribution in [3.05, 3.63) is 29.5 Å². The quantitative estimate of drug-likeness (QED) is 0.624. The molecule has 0 spiro atoms. The first-order chi connectivity index (χ1) is 9.71. The molecule has 3 rings (SSSR count). The Morgan fingerprint density at radius 3 is 2.75 bits per heavy atom. The van der Waals surface area contributed by atoms with Gasteiger partial charge < -0.3 is 14.2 Å². The molecule has 20 heavy (non-hydrogen) atoms. The van der Waals surface area contributed by atoms with E-state index in [1.807, 2.05) is 6.07 Å². The molecular weight excluding hydrogens is 258 g/mol. The smallest absolute Gasteiger partial charge is 0.363 e. The van der Waals surface area contributed by atoms with E-state index in [1.54, 1.807) is 32.4 Å². The summed E-state index contributed by atoms with van der Waals surface area (Å²) in [5.74, 6) is 1.79. The maximum Gasteiger partial charge on any atom is 0.363 e. The molecule has 0 radical (unpaired) electrons. The van der Waals surface area contributed by atoms with Gasteiger partial charge in [-0.05, 0) is 31.1 Å². The zero-order valence-electron chi connectivity index (χ0n) is 11.4. The highest BCUT2D eigenvalue weighted by Crippen LogP contribution is 2.35. The van der Waals surface area contributed by atoms with Gasteiger partial charge in [0.2, 0.25) is 5.90 Å². The molecule has 0 amide bonds. The van der Waals surface area contributed by atoms with E-state index in [0.717, 1.165) is 18.4 Å². The predicted molar refractivity (Wildman–Crippen MR) is 73.8 cm³/mol. The number of hydrogen-bond acceptors (Lipinski definition) is 5. The number of rotatable bonds is 4. The van der Waals surface area contributed by atoms with Crippen LogP contribution in [0.3, 0.4) is 0 Å². The van der Waals surface area contributed by atoms with Gasteiger partial charge in [0.05, 0.1) is 14.2 Å². The number of nitrogens with zero attached hydrogens (tertiary/aromatic N) is 1. The van der Waals surface area contributed by atoms with Crippen LogP contribution in [0, 0.1) is 5.92 Å². The number of methoxy groups -OCH3 is 2. The lowest BCUT2D eigenvalue weighted by atomic mass is 10.1. The summed E-state index contributed by atoms with van der Waals surface area (Å²) in [7, 11) is 3.16. The molecule has 0 atom stereocenters. The van der Waals surface area contributed by atoms with Crippen molar-refractivity contribution in [3.8, 4) is 11.5 Å². The minimum absolute atomic E-state index is 0.315. The highest BCUT2D eigenvalue weighted by molar-refractivity contribution is 6.08. The van der Waals surface area contributed by atoms with Gasteiger partial charge in [-0.1, -0.05) is 0 Å². The van der Waals surface area contributed by atoms with Gasteiger partial charge in [0.15, 0.2) is 5.70 Å². The minimum Gasteiger partial charge on any atom is -0.497 e. The molecule has 0 N–H and O–H groups in total. The number of carbonyl (C=O) groups is 1. The van der Waals surface area contributed by atoms with Gasteiger partial charge in [-0.3, -0.25) is 0 Å². The molecule has 1 heterocycles. The zero-order valence-corrected chi connectivity index (χ0v) is 11.4. The summed E-state index contributed by atoms with van der Waals surface area (Å²) in [6.07, 6.45) is 3.77. The summed E-state index contributed by atoms with van der Waals surface area (Å²) in [4.78, 5) is 16.0. The van der Waals surface area contributed by atoms with Crippen molar-refractivity contribution in [2.24, 2.45) is 10.9 Å². The Morgan fingerprint density at radius 1 is 1.30 bits per heavy atom. The molecule has 1 fully saturated rings. The molecule has 0 aromatic heterocycles. The first-order valence-corrected chi connectivity index (χ1v) is 6.45. The fourth-order valence-electron chi connectivity index (χ4n) is 2.02.